The molecule has 0 saturated carbocycles. The lowest BCUT2D eigenvalue weighted by molar-refractivity contribution is -0.385. The van der Waals surface area contributed by atoms with Gasteiger partial charge < -0.3 is 0 Å². The number of nitrogens with zero attached hydrogens (tertiary/aromatic N) is 2. The molecule has 138 valence electrons. The van der Waals surface area contributed by atoms with Crippen molar-refractivity contribution in [3.8, 4) is 0 Å². The summed E-state index contributed by atoms with van der Waals surface area (Å²) >= 11 is 0.847. The highest BCUT2D eigenvalue weighted by atomic mass is 32.2. The minimum Gasteiger partial charge on any atom is -0.268 e. The minimum absolute atomic E-state index is 0.111. The van der Waals surface area contributed by atoms with Crippen molar-refractivity contribution in [3.63, 3.8) is 0 Å². The van der Waals surface area contributed by atoms with Crippen molar-refractivity contribution in [3.05, 3.63) is 92.9 Å². The second-order valence-electron chi connectivity index (χ2n) is 6.22. The lowest BCUT2D eigenvalue weighted by Crippen LogP contribution is -2.27. The summed E-state index contributed by atoms with van der Waals surface area (Å²) < 4.78 is 0. The second kappa shape index (κ2) is 7.28. The van der Waals surface area contributed by atoms with Gasteiger partial charge in [-0.15, -0.1) is 0 Å². The Balaban J connectivity index is 1.66. The number of rotatable bonds is 4. The zero-order valence-corrected chi connectivity index (χ0v) is 15.4. The van der Waals surface area contributed by atoms with Gasteiger partial charge in [0.2, 0.25) is 0 Å². The SMILES string of the molecule is O=C1S/C(=C\c2cccc3ccccc23)C(=O)N1Cc1ccccc1[N+](=O)[O-]. The van der Waals surface area contributed by atoms with Crippen LogP contribution in [0.25, 0.3) is 16.8 Å². The third-order valence-corrected chi connectivity index (χ3v) is 5.41. The molecule has 1 saturated heterocycles. The van der Waals surface area contributed by atoms with Crippen molar-refractivity contribution in [2.24, 2.45) is 0 Å². The van der Waals surface area contributed by atoms with Crippen LogP contribution in [0.15, 0.2) is 71.6 Å². The molecule has 0 N–H and O–H groups in total. The normalized spacial score (nSPS) is 15.6. The fourth-order valence-corrected chi connectivity index (χ4v) is 3.98. The quantitative estimate of drug-likeness (QED) is 0.356. The van der Waals surface area contributed by atoms with Gasteiger partial charge in [-0.2, -0.15) is 0 Å². The van der Waals surface area contributed by atoms with Gasteiger partial charge >= 0.3 is 0 Å². The molecule has 3 aromatic carbocycles. The van der Waals surface area contributed by atoms with E-state index in [4.69, 9.17) is 0 Å². The van der Waals surface area contributed by atoms with E-state index in [2.05, 4.69) is 0 Å². The predicted molar refractivity (Wildman–Crippen MR) is 109 cm³/mol. The average molecular weight is 390 g/mol. The summed E-state index contributed by atoms with van der Waals surface area (Å²) in [5.74, 6) is -0.443. The number of nitro groups is 1. The van der Waals surface area contributed by atoms with Crippen molar-refractivity contribution in [1.82, 2.24) is 4.90 Å². The summed E-state index contributed by atoms with van der Waals surface area (Å²) in [5.41, 5.74) is 1.05. The number of nitro benzene ring substituents is 1. The molecule has 0 unspecified atom stereocenters. The number of imide groups is 1. The summed E-state index contributed by atoms with van der Waals surface area (Å²) in [7, 11) is 0. The van der Waals surface area contributed by atoms with Gasteiger partial charge in [0.05, 0.1) is 16.4 Å². The third-order valence-electron chi connectivity index (χ3n) is 4.50. The molecular weight excluding hydrogens is 376 g/mol. The third kappa shape index (κ3) is 3.27. The molecule has 1 heterocycles. The predicted octanol–water partition coefficient (Wildman–Crippen LogP) is 4.98. The van der Waals surface area contributed by atoms with Crippen molar-refractivity contribution < 1.29 is 14.5 Å². The maximum absolute atomic E-state index is 12.8. The molecule has 0 spiro atoms. The van der Waals surface area contributed by atoms with E-state index < -0.39 is 16.1 Å². The molecule has 1 aliphatic rings. The highest BCUT2D eigenvalue weighted by Crippen LogP contribution is 2.35. The first-order chi connectivity index (χ1) is 13.5. The molecular formula is C21H14N2O4S. The smallest absolute Gasteiger partial charge is 0.268 e. The second-order valence-corrected chi connectivity index (χ2v) is 7.22. The Kier molecular flexibility index (Phi) is 4.67. The Morgan fingerprint density at radius 1 is 0.964 bits per heavy atom. The fraction of sp³-hybridized carbons (Fsp3) is 0.0476. The Bertz CT molecular complexity index is 1150. The molecule has 1 fully saturated rings. The summed E-state index contributed by atoms with van der Waals surface area (Å²) in [6, 6.07) is 19.7. The first-order valence-corrected chi connectivity index (χ1v) is 9.31. The molecule has 0 atom stereocenters. The van der Waals surface area contributed by atoms with Crippen molar-refractivity contribution in [2.45, 2.75) is 6.54 Å². The van der Waals surface area contributed by atoms with E-state index in [1.807, 2.05) is 42.5 Å². The number of amides is 2. The molecule has 28 heavy (non-hydrogen) atoms. The van der Waals surface area contributed by atoms with Crippen LogP contribution >= 0.6 is 11.8 Å². The average Bonchev–Trinajstić information content (AvgIpc) is 2.96. The van der Waals surface area contributed by atoms with E-state index >= 15 is 0 Å². The number of hydrogen-bond donors (Lipinski definition) is 0. The zero-order valence-electron chi connectivity index (χ0n) is 14.6. The van der Waals surface area contributed by atoms with Crippen LogP contribution in [0.2, 0.25) is 0 Å². The van der Waals surface area contributed by atoms with E-state index in [0.29, 0.717) is 10.5 Å². The Morgan fingerprint density at radius 2 is 1.68 bits per heavy atom. The maximum atomic E-state index is 12.8. The van der Waals surface area contributed by atoms with Crippen LogP contribution in [0, 0.1) is 10.1 Å². The molecule has 2 amide bonds. The number of benzene rings is 3. The zero-order chi connectivity index (χ0) is 19.7. The highest BCUT2D eigenvalue weighted by Gasteiger charge is 2.36. The molecule has 0 radical (unpaired) electrons. The van der Waals surface area contributed by atoms with Gasteiger partial charge in [-0.05, 0) is 34.2 Å². The van der Waals surface area contributed by atoms with E-state index in [9.17, 15) is 19.7 Å². The molecule has 6 nitrogen and oxygen atoms in total. The molecule has 0 bridgehead atoms. The van der Waals surface area contributed by atoms with Crippen LogP contribution in [0.1, 0.15) is 11.1 Å². The van der Waals surface area contributed by atoms with E-state index in [-0.39, 0.29) is 12.2 Å². The molecule has 3 aromatic rings. The van der Waals surface area contributed by atoms with Gasteiger partial charge in [0.15, 0.2) is 0 Å². The largest absolute Gasteiger partial charge is 0.293 e. The summed E-state index contributed by atoms with van der Waals surface area (Å²) in [6.45, 7) is -0.130. The van der Waals surface area contributed by atoms with Gasteiger partial charge in [0.1, 0.15) is 0 Å². The van der Waals surface area contributed by atoms with Gasteiger partial charge in [-0.1, -0.05) is 60.7 Å². The van der Waals surface area contributed by atoms with Crippen LogP contribution in [0.5, 0.6) is 0 Å². The number of carbonyl (C=O) groups is 2. The Morgan fingerprint density at radius 3 is 2.50 bits per heavy atom. The standard InChI is InChI=1S/C21H14N2O4S/c24-20-19(12-15-9-5-8-14-6-1-3-10-17(14)15)28-21(25)22(20)13-16-7-2-4-11-18(16)23(26)27/h1-12H,13H2/b19-12-. The molecule has 7 heteroatoms. The van der Waals surface area contributed by atoms with Crippen LogP contribution in [-0.2, 0) is 11.3 Å². The number of thioether (sulfide) groups is 1. The minimum atomic E-state index is -0.514. The van der Waals surface area contributed by atoms with Gasteiger partial charge in [-0.25, -0.2) is 0 Å². The number of carbonyl (C=O) groups excluding carboxylic acids is 2. The van der Waals surface area contributed by atoms with Crippen LogP contribution in [0.4, 0.5) is 10.5 Å². The Hall–Kier alpha value is -3.45. The number of hydrogen-bond acceptors (Lipinski definition) is 5. The van der Waals surface area contributed by atoms with Crippen LogP contribution in [0.3, 0.4) is 0 Å². The summed E-state index contributed by atoms with van der Waals surface area (Å²) in [4.78, 5) is 37.2. The molecule has 0 aromatic heterocycles. The topological polar surface area (TPSA) is 80.5 Å². The Labute approximate surface area is 164 Å². The first-order valence-electron chi connectivity index (χ1n) is 8.50. The van der Waals surface area contributed by atoms with Crippen molar-refractivity contribution >= 4 is 45.4 Å². The van der Waals surface area contributed by atoms with Crippen LogP contribution in [-0.4, -0.2) is 21.0 Å². The maximum Gasteiger partial charge on any atom is 0.293 e. The highest BCUT2D eigenvalue weighted by molar-refractivity contribution is 8.18. The monoisotopic (exact) mass is 390 g/mol. The van der Waals surface area contributed by atoms with E-state index in [0.717, 1.165) is 33.0 Å². The molecule has 4 rings (SSSR count). The lowest BCUT2D eigenvalue weighted by Gasteiger charge is -2.12. The number of para-hydroxylation sites is 1. The molecule has 1 aliphatic heterocycles. The molecule has 0 aliphatic carbocycles. The van der Waals surface area contributed by atoms with Crippen molar-refractivity contribution in [1.29, 1.82) is 0 Å². The number of fused-ring (bicyclic) bond motifs is 1. The van der Waals surface area contributed by atoms with E-state index in [1.165, 1.54) is 6.07 Å². The fourth-order valence-electron chi connectivity index (χ4n) is 3.15. The summed E-state index contributed by atoms with van der Waals surface area (Å²) in [5, 5.41) is 12.8. The summed E-state index contributed by atoms with van der Waals surface area (Å²) in [6.07, 6.45) is 1.70. The van der Waals surface area contributed by atoms with Crippen molar-refractivity contribution in [2.75, 3.05) is 0 Å². The first kappa shape index (κ1) is 17.9. The van der Waals surface area contributed by atoms with E-state index in [1.54, 1.807) is 24.3 Å². The van der Waals surface area contributed by atoms with Gasteiger partial charge in [0.25, 0.3) is 16.8 Å². The lowest BCUT2D eigenvalue weighted by atomic mass is 10.0. The van der Waals surface area contributed by atoms with Gasteiger partial charge in [0, 0.05) is 11.6 Å². The van der Waals surface area contributed by atoms with Crippen LogP contribution < -0.4 is 0 Å². The van der Waals surface area contributed by atoms with Gasteiger partial charge in [-0.3, -0.25) is 24.6 Å².